The summed E-state index contributed by atoms with van der Waals surface area (Å²) in [5.74, 6) is -0.760. The first-order chi connectivity index (χ1) is 9.55. The van der Waals surface area contributed by atoms with E-state index >= 15 is 0 Å². The molecule has 2 rings (SSSR count). The van der Waals surface area contributed by atoms with Gasteiger partial charge in [-0.3, -0.25) is 4.79 Å². The number of hydrogen-bond donors (Lipinski definition) is 2. The third-order valence-electron chi connectivity index (χ3n) is 4.91. The van der Waals surface area contributed by atoms with Crippen molar-refractivity contribution in [2.24, 2.45) is 5.41 Å². The van der Waals surface area contributed by atoms with Crippen molar-refractivity contribution in [1.82, 2.24) is 10.2 Å². The lowest BCUT2D eigenvalue weighted by atomic mass is 9.74. The number of nitrogens with zero attached hydrogens (tertiary/aromatic N) is 1. The predicted octanol–water partition coefficient (Wildman–Crippen LogP) is 2.61. The number of amides is 2. The third-order valence-corrected chi connectivity index (χ3v) is 4.91. The molecule has 0 aromatic heterocycles. The molecule has 2 aliphatic rings. The van der Waals surface area contributed by atoms with Crippen LogP contribution in [-0.2, 0) is 4.79 Å². The molecule has 5 heteroatoms. The van der Waals surface area contributed by atoms with E-state index in [-0.39, 0.29) is 18.6 Å². The number of carbonyl (C=O) groups is 2. The maximum Gasteiger partial charge on any atom is 0.317 e. The number of likely N-dealkylation sites (tertiary alicyclic amines) is 1. The Hall–Kier alpha value is -1.26. The predicted molar refractivity (Wildman–Crippen MR) is 76.6 cm³/mol. The highest BCUT2D eigenvalue weighted by Crippen LogP contribution is 2.36. The number of rotatable bonds is 3. The number of carboxylic acid groups (broad SMARTS) is 1. The Bertz CT molecular complexity index is 364. The van der Waals surface area contributed by atoms with Crippen LogP contribution in [0.3, 0.4) is 0 Å². The molecule has 5 nitrogen and oxygen atoms in total. The topological polar surface area (TPSA) is 69.6 Å². The van der Waals surface area contributed by atoms with Gasteiger partial charge in [-0.1, -0.05) is 19.3 Å². The fourth-order valence-corrected chi connectivity index (χ4v) is 3.44. The van der Waals surface area contributed by atoms with Gasteiger partial charge in [-0.25, -0.2) is 4.79 Å². The number of nitrogens with one attached hydrogen (secondary N) is 1. The molecule has 1 aliphatic heterocycles. The van der Waals surface area contributed by atoms with Crippen LogP contribution in [0.5, 0.6) is 0 Å². The molecule has 20 heavy (non-hydrogen) atoms. The van der Waals surface area contributed by atoms with Crippen LogP contribution < -0.4 is 5.32 Å². The van der Waals surface area contributed by atoms with Crippen LogP contribution in [0.15, 0.2) is 0 Å². The molecule has 1 saturated carbocycles. The molecule has 1 aliphatic carbocycles. The van der Waals surface area contributed by atoms with Gasteiger partial charge in [-0.05, 0) is 39.0 Å². The summed E-state index contributed by atoms with van der Waals surface area (Å²) in [6.45, 7) is 3.11. The van der Waals surface area contributed by atoms with E-state index in [1.165, 1.54) is 6.42 Å². The normalized spacial score (nSPS) is 26.1. The first-order valence-electron chi connectivity index (χ1n) is 7.83. The van der Waals surface area contributed by atoms with E-state index in [9.17, 15) is 14.7 Å². The van der Waals surface area contributed by atoms with Gasteiger partial charge >= 0.3 is 12.0 Å². The molecule has 0 bridgehead atoms. The molecule has 1 unspecified atom stereocenters. The molecule has 1 saturated heterocycles. The largest absolute Gasteiger partial charge is 0.481 e. The molecule has 2 fully saturated rings. The van der Waals surface area contributed by atoms with Crippen LogP contribution in [0.1, 0.15) is 58.3 Å². The Labute approximate surface area is 120 Å². The Kier molecular flexibility index (Phi) is 4.89. The van der Waals surface area contributed by atoms with E-state index in [4.69, 9.17) is 0 Å². The van der Waals surface area contributed by atoms with Gasteiger partial charge in [0.2, 0.25) is 0 Å². The molecule has 1 atom stereocenters. The first kappa shape index (κ1) is 15.1. The number of piperidine rings is 1. The lowest BCUT2D eigenvalue weighted by Crippen LogP contribution is -2.51. The summed E-state index contributed by atoms with van der Waals surface area (Å²) in [5.41, 5.74) is -0.743. The summed E-state index contributed by atoms with van der Waals surface area (Å²) >= 11 is 0. The van der Waals surface area contributed by atoms with Crippen molar-refractivity contribution in [1.29, 1.82) is 0 Å². The molecule has 2 amide bonds. The summed E-state index contributed by atoms with van der Waals surface area (Å²) in [6.07, 6.45) is 7.61. The van der Waals surface area contributed by atoms with Crippen molar-refractivity contribution in [3.63, 3.8) is 0 Å². The molecular formula is C15H26N2O3. The van der Waals surface area contributed by atoms with Crippen molar-refractivity contribution in [2.75, 3.05) is 13.1 Å². The van der Waals surface area contributed by atoms with Gasteiger partial charge in [0.25, 0.3) is 0 Å². The molecule has 114 valence electrons. The highest BCUT2D eigenvalue weighted by atomic mass is 16.4. The second-order valence-electron chi connectivity index (χ2n) is 6.34. The molecule has 1 heterocycles. The second-order valence-corrected chi connectivity index (χ2v) is 6.34. The van der Waals surface area contributed by atoms with Crippen LogP contribution in [0, 0.1) is 5.41 Å². The van der Waals surface area contributed by atoms with Crippen LogP contribution in [0.2, 0.25) is 0 Å². The van der Waals surface area contributed by atoms with Gasteiger partial charge in [-0.15, -0.1) is 0 Å². The summed E-state index contributed by atoms with van der Waals surface area (Å²) in [5, 5.41) is 12.4. The summed E-state index contributed by atoms with van der Waals surface area (Å²) in [4.78, 5) is 25.7. The molecule has 2 N–H and O–H groups in total. The van der Waals surface area contributed by atoms with E-state index in [2.05, 4.69) is 12.2 Å². The maximum absolute atomic E-state index is 12.2. The van der Waals surface area contributed by atoms with Gasteiger partial charge in [0, 0.05) is 19.1 Å². The van der Waals surface area contributed by atoms with E-state index in [0.29, 0.717) is 12.8 Å². The van der Waals surface area contributed by atoms with Gasteiger partial charge in [0.15, 0.2) is 0 Å². The van der Waals surface area contributed by atoms with E-state index in [1.54, 1.807) is 0 Å². The lowest BCUT2D eigenvalue weighted by Gasteiger charge is -2.36. The van der Waals surface area contributed by atoms with E-state index in [1.807, 2.05) is 4.90 Å². The fourth-order valence-electron chi connectivity index (χ4n) is 3.44. The number of carbonyl (C=O) groups excluding carboxylic acids is 1. The van der Waals surface area contributed by atoms with Gasteiger partial charge in [0.1, 0.15) is 0 Å². The number of urea groups is 1. The van der Waals surface area contributed by atoms with Crippen LogP contribution in [0.25, 0.3) is 0 Å². The van der Waals surface area contributed by atoms with Gasteiger partial charge in [-0.2, -0.15) is 0 Å². The molecule has 0 aromatic carbocycles. The Morgan fingerprint density at radius 2 is 1.90 bits per heavy atom. The Balaban J connectivity index is 1.91. The summed E-state index contributed by atoms with van der Waals surface area (Å²) < 4.78 is 0. The van der Waals surface area contributed by atoms with Crippen molar-refractivity contribution < 1.29 is 14.7 Å². The highest BCUT2D eigenvalue weighted by Gasteiger charge is 2.40. The molecule has 0 aromatic rings. The van der Waals surface area contributed by atoms with Crippen molar-refractivity contribution in [3.8, 4) is 0 Å². The first-order valence-corrected chi connectivity index (χ1v) is 7.83. The quantitative estimate of drug-likeness (QED) is 0.836. The minimum Gasteiger partial charge on any atom is -0.481 e. The van der Waals surface area contributed by atoms with E-state index < -0.39 is 11.4 Å². The standard InChI is InChI=1S/C15H26N2O3/c1-12-7-3-6-10-17(12)14(20)16-11-15(13(18)19)8-4-2-5-9-15/h12H,2-11H2,1H3,(H,16,20)(H,18,19). The second kappa shape index (κ2) is 6.46. The van der Waals surface area contributed by atoms with Crippen LogP contribution >= 0.6 is 0 Å². The zero-order valence-electron chi connectivity index (χ0n) is 12.4. The van der Waals surface area contributed by atoms with Crippen LogP contribution in [-0.4, -0.2) is 41.1 Å². The lowest BCUT2D eigenvalue weighted by molar-refractivity contribution is -0.150. The average Bonchev–Trinajstić information content (AvgIpc) is 2.46. The number of aliphatic carboxylic acids is 1. The number of hydrogen-bond acceptors (Lipinski definition) is 2. The smallest absolute Gasteiger partial charge is 0.317 e. The third kappa shape index (κ3) is 3.25. The number of carboxylic acids is 1. The zero-order valence-corrected chi connectivity index (χ0v) is 12.4. The van der Waals surface area contributed by atoms with Gasteiger partial charge in [0.05, 0.1) is 5.41 Å². The van der Waals surface area contributed by atoms with Crippen molar-refractivity contribution in [2.45, 2.75) is 64.3 Å². The minimum atomic E-state index is -0.760. The maximum atomic E-state index is 12.2. The van der Waals surface area contributed by atoms with Crippen molar-refractivity contribution in [3.05, 3.63) is 0 Å². The fraction of sp³-hybridized carbons (Fsp3) is 0.867. The SMILES string of the molecule is CC1CCCCN1C(=O)NCC1(C(=O)O)CCCCC1. The van der Waals surface area contributed by atoms with Gasteiger partial charge < -0.3 is 15.3 Å². The zero-order chi connectivity index (χ0) is 14.6. The summed E-state index contributed by atoms with van der Waals surface area (Å²) in [6, 6.07) is 0.166. The average molecular weight is 282 g/mol. The van der Waals surface area contributed by atoms with E-state index in [0.717, 1.165) is 38.6 Å². The van der Waals surface area contributed by atoms with Crippen LogP contribution in [0.4, 0.5) is 4.79 Å². The van der Waals surface area contributed by atoms with Crippen molar-refractivity contribution >= 4 is 12.0 Å². The Morgan fingerprint density at radius 1 is 1.20 bits per heavy atom. The molecule has 0 spiro atoms. The monoisotopic (exact) mass is 282 g/mol. The minimum absolute atomic E-state index is 0.0941. The Morgan fingerprint density at radius 3 is 2.50 bits per heavy atom. The highest BCUT2D eigenvalue weighted by molar-refractivity contribution is 5.78. The molecule has 0 radical (unpaired) electrons. The molecular weight excluding hydrogens is 256 g/mol. The summed E-state index contributed by atoms with van der Waals surface area (Å²) in [7, 11) is 0.